The molecule has 0 bridgehead atoms. The first kappa shape index (κ1) is 19.5. The molecular formula is C18H17N3O3S3. The average Bonchev–Trinajstić information content (AvgIpc) is 3.15. The van der Waals surface area contributed by atoms with E-state index in [0.29, 0.717) is 10.8 Å². The molecule has 140 valence electrons. The van der Waals surface area contributed by atoms with Crippen molar-refractivity contribution in [2.24, 2.45) is 0 Å². The summed E-state index contributed by atoms with van der Waals surface area (Å²) >= 11 is 2.38. The number of hydrogen-bond donors (Lipinski definition) is 1. The summed E-state index contributed by atoms with van der Waals surface area (Å²) in [4.78, 5) is 20.3. The van der Waals surface area contributed by atoms with Gasteiger partial charge in [-0.05, 0) is 30.7 Å². The number of carbonyl (C=O) groups is 1. The summed E-state index contributed by atoms with van der Waals surface area (Å²) < 4.78 is 26.1. The zero-order valence-electron chi connectivity index (χ0n) is 14.5. The predicted octanol–water partition coefficient (Wildman–Crippen LogP) is 3.09. The summed E-state index contributed by atoms with van der Waals surface area (Å²) in [5.74, 6) is -0.0743. The second-order valence-electron chi connectivity index (χ2n) is 5.69. The Bertz CT molecular complexity index is 1020. The van der Waals surface area contributed by atoms with Crippen molar-refractivity contribution in [2.45, 2.75) is 27.6 Å². The molecule has 0 aliphatic rings. The van der Waals surface area contributed by atoms with Crippen molar-refractivity contribution in [3.63, 3.8) is 0 Å². The first-order chi connectivity index (χ1) is 13.0. The maximum Gasteiger partial charge on any atom is 0.230 e. The molecule has 0 spiro atoms. The number of amides is 1. The van der Waals surface area contributed by atoms with Gasteiger partial charge in [0.25, 0.3) is 0 Å². The molecule has 1 aromatic carbocycles. The van der Waals surface area contributed by atoms with Gasteiger partial charge in [-0.25, -0.2) is 13.4 Å². The van der Waals surface area contributed by atoms with E-state index in [1.54, 1.807) is 42.7 Å². The lowest BCUT2D eigenvalue weighted by Crippen LogP contribution is -2.24. The molecule has 2 aromatic heterocycles. The third kappa shape index (κ3) is 4.94. The van der Waals surface area contributed by atoms with Crippen molar-refractivity contribution < 1.29 is 13.2 Å². The van der Waals surface area contributed by atoms with Crippen LogP contribution in [-0.2, 0) is 21.2 Å². The number of thiazole rings is 1. The molecule has 0 aliphatic carbocycles. The largest absolute Gasteiger partial charge is 0.351 e. The Morgan fingerprint density at radius 2 is 2.00 bits per heavy atom. The number of hydrogen-bond acceptors (Lipinski definition) is 7. The van der Waals surface area contributed by atoms with Crippen LogP contribution in [-0.4, -0.2) is 30.0 Å². The summed E-state index contributed by atoms with van der Waals surface area (Å²) in [6.45, 7) is 2.27. The van der Waals surface area contributed by atoms with E-state index in [-0.39, 0.29) is 21.6 Å². The monoisotopic (exact) mass is 419 g/mol. The van der Waals surface area contributed by atoms with Gasteiger partial charge in [-0.3, -0.25) is 9.78 Å². The molecular weight excluding hydrogens is 402 g/mol. The molecule has 2 heterocycles. The van der Waals surface area contributed by atoms with E-state index in [0.717, 1.165) is 11.1 Å². The second-order valence-corrected chi connectivity index (χ2v) is 9.65. The van der Waals surface area contributed by atoms with Crippen LogP contribution in [0.2, 0.25) is 0 Å². The molecule has 0 atom stereocenters. The van der Waals surface area contributed by atoms with E-state index < -0.39 is 9.84 Å². The smallest absolute Gasteiger partial charge is 0.230 e. The van der Waals surface area contributed by atoms with Crippen molar-refractivity contribution in [2.75, 3.05) is 5.75 Å². The number of nitrogens with one attached hydrogen (secondary N) is 1. The zero-order chi connectivity index (χ0) is 19.3. The number of sulfone groups is 1. The van der Waals surface area contributed by atoms with E-state index in [9.17, 15) is 13.2 Å². The molecule has 3 rings (SSSR count). The topological polar surface area (TPSA) is 89.0 Å². The van der Waals surface area contributed by atoms with Crippen molar-refractivity contribution in [3.05, 3.63) is 65.4 Å². The molecule has 0 unspecified atom stereocenters. The second kappa shape index (κ2) is 8.64. The lowest BCUT2D eigenvalue weighted by Gasteiger charge is -2.06. The molecule has 27 heavy (non-hydrogen) atoms. The van der Waals surface area contributed by atoms with Gasteiger partial charge < -0.3 is 5.32 Å². The van der Waals surface area contributed by atoms with Gasteiger partial charge in [0.05, 0.1) is 20.4 Å². The van der Waals surface area contributed by atoms with Crippen LogP contribution in [0.25, 0.3) is 0 Å². The maximum atomic E-state index is 12.8. The fraction of sp³-hybridized carbons (Fsp3) is 0.167. The molecule has 6 nitrogen and oxygen atoms in total. The average molecular weight is 420 g/mol. The molecule has 3 aromatic rings. The van der Waals surface area contributed by atoms with Crippen LogP contribution in [0.5, 0.6) is 0 Å². The molecule has 0 saturated carbocycles. The SMILES string of the molecule is Cc1ccc(S(=O)(=O)c2ncsc2SCC(=O)NCc2cccnc2)cc1. The standard InChI is InChI=1S/C18H17N3O3S3/c1-13-4-6-15(7-5-13)27(23,24)17-18(26-12-21-17)25-11-16(22)20-10-14-3-2-8-19-9-14/h2-9,12H,10-11H2,1H3,(H,20,22). The Labute approximate surface area is 166 Å². The highest BCUT2D eigenvalue weighted by molar-refractivity contribution is 8.02. The quantitative estimate of drug-likeness (QED) is 0.592. The first-order valence-corrected chi connectivity index (χ1v) is 11.4. The van der Waals surface area contributed by atoms with E-state index in [4.69, 9.17) is 0 Å². The normalized spacial score (nSPS) is 11.3. The zero-order valence-corrected chi connectivity index (χ0v) is 16.9. The maximum absolute atomic E-state index is 12.8. The van der Waals surface area contributed by atoms with E-state index in [1.807, 2.05) is 13.0 Å². The number of carbonyl (C=O) groups excluding carboxylic acids is 1. The Morgan fingerprint density at radius 3 is 2.70 bits per heavy atom. The van der Waals surface area contributed by atoms with Gasteiger partial charge in [-0.1, -0.05) is 23.8 Å². The number of nitrogens with zero attached hydrogens (tertiary/aromatic N) is 2. The molecule has 0 fully saturated rings. The number of thioether (sulfide) groups is 1. The highest BCUT2D eigenvalue weighted by Gasteiger charge is 2.25. The fourth-order valence-electron chi connectivity index (χ4n) is 2.21. The van der Waals surface area contributed by atoms with Crippen molar-refractivity contribution in [1.82, 2.24) is 15.3 Å². The number of rotatable bonds is 7. The Kier molecular flexibility index (Phi) is 6.25. The van der Waals surface area contributed by atoms with E-state index in [1.165, 1.54) is 28.6 Å². The van der Waals surface area contributed by atoms with E-state index >= 15 is 0 Å². The van der Waals surface area contributed by atoms with Gasteiger partial charge in [-0.15, -0.1) is 23.1 Å². The minimum Gasteiger partial charge on any atom is -0.351 e. The highest BCUT2D eigenvalue weighted by atomic mass is 32.2. The lowest BCUT2D eigenvalue weighted by molar-refractivity contribution is -0.118. The summed E-state index contributed by atoms with van der Waals surface area (Å²) in [6, 6.07) is 10.3. The van der Waals surface area contributed by atoms with Crippen LogP contribution in [0.15, 0.2) is 68.4 Å². The van der Waals surface area contributed by atoms with Crippen LogP contribution in [0.4, 0.5) is 0 Å². The fourth-order valence-corrected chi connectivity index (χ4v) is 5.92. The summed E-state index contributed by atoms with van der Waals surface area (Å²) in [5, 5.41) is 2.79. The van der Waals surface area contributed by atoms with Crippen LogP contribution in [0, 0.1) is 6.92 Å². The van der Waals surface area contributed by atoms with Crippen molar-refractivity contribution in [1.29, 1.82) is 0 Å². The van der Waals surface area contributed by atoms with Crippen LogP contribution >= 0.6 is 23.1 Å². The summed E-state index contributed by atoms with van der Waals surface area (Å²) in [7, 11) is -3.71. The highest BCUT2D eigenvalue weighted by Crippen LogP contribution is 2.33. The molecule has 0 aliphatic heterocycles. The number of aromatic nitrogens is 2. The van der Waals surface area contributed by atoms with Crippen molar-refractivity contribution >= 4 is 38.8 Å². The van der Waals surface area contributed by atoms with Gasteiger partial charge in [0.15, 0.2) is 5.03 Å². The lowest BCUT2D eigenvalue weighted by atomic mass is 10.2. The number of benzene rings is 1. The van der Waals surface area contributed by atoms with Gasteiger partial charge in [0.2, 0.25) is 15.7 Å². The first-order valence-electron chi connectivity index (χ1n) is 8.00. The number of pyridine rings is 1. The molecule has 0 saturated heterocycles. The van der Waals surface area contributed by atoms with Crippen LogP contribution in [0.1, 0.15) is 11.1 Å². The van der Waals surface area contributed by atoms with Gasteiger partial charge in [0, 0.05) is 18.9 Å². The third-order valence-electron chi connectivity index (χ3n) is 3.64. The van der Waals surface area contributed by atoms with E-state index in [2.05, 4.69) is 15.3 Å². The van der Waals surface area contributed by atoms with Crippen molar-refractivity contribution in [3.8, 4) is 0 Å². The third-order valence-corrected chi connectivity index (χ3v) is 7.73. The molecule has 9 heteroatoms. The Balaban J connectivity index is 1.65. The van der Waals surface area contributed by atoms with Gasteiger partial charge in [0.1, 0.15) is 0 Å². The van der Waals surface area contributed by atoms with Gasteiger partial charge in [-0.2, -0.15) is 0 Å². The summed E-state index contributed by atoms with van der Waals surface area (Å²) in [6.07, 6.45) is 3.35. The minimum absolute atomic E-state index is 0.00131. The molecule has 1 N–H and O–H groups in total. The van der Waals surface area contributed by atoms with Gasteiger partial charge >= 0.3 is 0 Å². The Morgan fingerprint density at radius 1 is 1.22 bits per heavy atom. The van der Waals surface area contributed by atoms with Crippen LogP contribution in [0.3, 0.4) is 0 Å². The Hall–Kier alpha value is -2.23. The minimum atomic E-state index is -3.71. The molecule has 1 amide bonds. The molecule has 0 radical (unpaired) electrons. The number of aryl methyl sites for hydroxylation is 1. The summed E-state index contributed by atoms with van der Waals surface area (Å²) in [5.41, 5.74) is 3.36. The van der Waals surface area contributed by atoms with Crippen LogP contribution < -0.4 is 5.32 Å². The predicted molar refractivity (Wildman–Crippen MR) is 106 cm³/mol.